The molecule has 0 aliphatic heterocycles. The van der Waals surface area contributed by atoms with Gasteiger partial charge in [-0.15, -0.1) is 0 Å². The summed E-state index contributed by atoms with van der Waals surface area (Å²) in [6.07, 6.45) is 1.34. The van der Waals surface area contributed by atoms with Crippen LogP contribution in [0.4, 0.5) is 5.82 Å². The summed E-state index contributed by atoms with van der Waals surface area (Å²) in [7, 11) is 0. The van der Waals surface area contributed by atoms with Crippen molar-refractivity contribution >= 4 is 21.7 Å². The molecule has 0 radical (unpaired) electrons. The summed E-state index contributed by atoms with van der Waals surface area (Å²) < 4.78 is 0.908. The first kappa shape index (κ1) is 9.48. The molecule has 12 heavy (non-hydrogen) atoms. The molecule has 0 amide bonds. The Balaban J connectivity index is 2.57. The van der Waals surface area contributed by atoms with Crippen LogP contribution in [0, 0.1) is 0 Å². The molecule has 1 atom stereocenters. The number of aromatic nitrogens is 1. The highest BCUT2D eigenvalue weighted by molar-refractivity contribution is 9.10. The zero-order valence-electron chi connectivity index (χ0n) is 6.79. The summed E-state index contributed by atoms with van der Waals surface area (Å²) in [5.41, 5.74) is 0. The molecule has 0 unspecified atom stereocenters. The van der Waals surface area contributed by atoms with Gasteiger partial charge in [-0.25, -0.2) is 4.98 Å². The van der Waals surface area contributed by atoms with E-state index in [4.69, 9.17) is 5.11 Å². The Bertz CT molecular complexity index is 253. The van der Waals surface area contributed by atoms with Crippen molar-refractivity contribution in [3.63, 3.8) is 0 Å². The van der Waals surface area contributed by atoms with Crippen LogP contribution in [0.2, 0.25) is 0 Å². The molecule has 1 aromatic rings. The molecule has 1 aromatic heterocycles. The van der Waals surface area contributed by atoms with Crippen LogP contribution in [0.3, 0.4) is 0 Å². The molecule has 0 aliphatic carbocycles. The zero-order valence-corrected chi connectivity index (χ0v) is 8.37. The van der Waals surface area contributed by atoms with Gasteiger partial charge in [-0.3, -0.25) is 0 Å². The minimum Gasteiger partial charge on any atom is -0.392 e. The number of aliphatic hydroxyl groups is 1. The van der Waals surface area contributed by atoms with Crippen LogP contribution in [0.15, 0.2) is 22.8 Å². The van der Waals surface area contributed by atoms with Crippen molar-refractivity contribution in [3.05, 3.63) is 22.8 Å². The molecule has 66 valence electrons. The average molecular weight is 231 g/mol. The fourth-order valence-corrected chi connectivity index (χ4v) is 1.16. The zero-order chi connectivity index (χ0) is 8.97. The summed E-state index contributed by atoms with van der Waals surface area (Å²) in [6.45, 7) is 2.24. The molecule has 0 aromatic carbocycles. The van der Waals surface area contributed by atoms with Crippen LogP contribution in [0.25, 0.3) is 0 Å². The monoisotopic (exact) mass is 230 g/mol. The van der Waals surface area contributed by atoms with E-state index in [1.165, 1.54) is 0 Å². The van der Waals surface area contributed by atoms with E-state index in [1.807, 2.05) is 12.1 Å². The summed E-state index contributed by atoms with van der Waals surface area (Å²) in [5.74, 6) is 0.762. The predicted octanol–water partition coefficient (Wildman–Crippen LogP) is 1.64. The van der Waals surface area contributed by atoms with Crippen LogP contribution in [-0.2, 0) is 0 Å². The van der Waals surface area contributed by atoms with Crippen molar-refractivity contribution in [1.82, 2.24) is 4.98 Å². The Morgan fingerprint density at radius 1 is 1.75 bits per heavy atom. The maximum Gasteiger partial charge on any atom is 0.140 e. The number of aliphatic hydroxyl groups excluding tert-OH is 1. The normalized spacial score (nSPS) is 12.6. The number of nitrogens with one attached hydrogen (secondary N) is 1. The maximum atomic E-state index is 9.00. The summed E-state index contributed by atoms with van der Waals surface area (Å²) in [6, 6.07) is 3.75. The van der Waals surface area contributed by atoms with Gasteiger partial charge in [0.25, 0.3) is 0 Å². The highest BCUT2D eigenvalue weighted by Gasteiger charge is 2.00. The van der Waals surface area contributed by atoms with Gasteiger partial charge in [0.05, 0.1) is 10.6 Å². The van der Waals surface area contributed by atoms with Crippen molar-refractivity contribution in [2.45, 2.75) is 13.0 Å². The first-order valence-electron chi connectivity index (χ1n) is 3.72. The Hall–Kier alpha value is -0.610. The van der Waals surface area contributed by atoms with Gasteiger partial charge in [0, 0.05) is 12.7 Å². The van der Waals surface area contributed by atoms with Crippen LogP contribution >= 0.6 is 15.9 Å². The highest BCUT2D eigenvalue weighted by Crippen LogP contribution is 2.17. The molecule has 2 N–H and O–H groups in total. The van der Waals surface area contributed by atoms with Crippen LogP contribution in [0.1, 0.15) is 6.92 Å². The van der Waals surface area contributed by atoms with E-state index >= 15 is 0 Å². The highest BCUT2D eigenvalue weighted by atomic mass is 79.9. The summed E-state index contributed by atoms with van der Waals surface area (Å²) in [5, 5.41) is 12.0. The number of hydrogen-bond donors (Lipinski definition) is 2. The average Bonchev–Trinajstić information content (AvgIpc) is 2.03. The third-order valence-corrected chi connectivity index (χ3v) is 1.96. The van der Waals surface area contributed by atoms with Crippen molar-refractivity contribution in [2.75, 3.05) is 11.9 Å². The molecular formula is C8H11BrN2O. The van der Waals surface area contributed by atoms with E-state index < -0.39 is 0 Å². The molecule has 1 heterocycles. The number of hydrogen-bond acceptors (Lipinski definition) is 3. The van der Waals surface area contributed by atoms with E-state index in [-0.39, 0.29) is 6.10 Å². The lowest BCUT2D eigenvalue weighted by Crippen LogP contribution is -2.16. The lowest BCUT2D eigenvalue weighted by atomic mass is 10.4. The SMILES string of the molecule is C[C@H](O)CNc1ncccc1Br. The van der Waals surface area contributed by atoms with Gasteiger partial charge in [0.15, 0.2) is 0 Å². The van der Waals surface area contributed by atoms with Crippen LogP contribution in [-0.4, -0.2) is 22.7 Å². The van der Waals surface area contributed by atoms with Gasteiger partial charge in [-0.05, 0) is 35.0 Å². The smallest absolute Gasteiger partial charge is 0.140 e. The Morgan fingerprint density at radius 3 is 3.08 bits per heavy atom. The molecule has 0 saturated carbocycles. The number of pyridine rings is 1. The lowest BCUT2D eigenvalue weighted by Gasteiger charge is -2.08. The molecule has 0 fully saturated rings. The largest absolute Gasteiger partial charge is 0.392 e. The first-order chi connectivity index (χ1) is 5.70. The number of rotatable bonds is 3. The van der Waals surface area contributed by atoms with Gasteiger partial charge < -0.3 is 10.4 Å². The van der Waals surface area contributed by atoms with Gasteiger partial charge in [-0.1, -0.05) is 0 Å². The maximum absolute atomic E-state index is 9.00. The molecular weight excluding hydrogens is 220 g/mol. The van der Waals surface area contributed by atoms with E-state index in [1.54, 1.807) is 13.1 Å². The molecule has 1 rings (SSSR count). The first-order valence-corrected chi connectivity index (χ1v) is 4.52. The minimum atomic E-state index is -0.362. The van der Waals surface area contributed by atoms with E-state index in [0.717, 1.165) is 10.3 Å². The molecule has 0 spiro atoms. The summed E-state index contributed by atoms with van der Waals surface area (Å²) in [4.78, 5) is 4.08. The van der Waals surface area contributed by atoms with Crippen molar-refractivity contribution in [2.24, 2.45) is 0 Å². The quantitative estimate of drug-likeness (QED) is 0.831. The number of halogens is 1. The Labute approximate surface area is 80.0 Å². The number of nitrogens with zero attached hydrogens (tertiary/aromatic N) is 1. The third-order valence-electron chi connectivity index (χ3n) is 1.32. The van der Waals surface area contributed by atoms with Crippen LogP contribution < -0.4 is 5.32 Å². The molecule has 0 saturated heterocycles. The van der Waals surface area contributed by atoms with Gasteiger partial charge >= 0.3 is 0 Å². The standard InChI is InChI=1S/C8H11BrN2O/c1-6(12)5-11-8-7(9)3-2-4-10-8/h2-4,6,12H,5H2,1H3,(H,10,11)/t6-/m0/s1. The predicted molar refractivity (Wildman–Crippen MR) is 52.1 cm³/mol. The molecule has 4 heteroatoms. The summed E-state index contributed by atoms with van der Waals surface area (Å²) >= 11 is 3.34. The van der Waals surface area contributed by atoms with Crippen molar-refractivity contribution in [3.8, 4) is 0 Å². The number of anilines is 1. The Morgan fingerprint density at radius 2 is 2.50 bits per heavy atom. The molecule has 3 nitrogen and oxygen atoms in total. The van der Waals surface area contributed by atoms with Gasteiger partial charge in [-0.2, -0.15) is 0 Å². The molecule has 0 bridgehead atoms. The Kier molecular flexibility index (Phi) is 3.49. The van der Waals surface area contributed by atoms with Gasteiger partial charge in [0.2, 0.25) is 0 Å². The lowest BCUT2D eigenvalue weighted by molar-refractivity contribution is 0.208. The molecule has 0 aliphatic rings. The second-order valence-corrected chi connectivity index (χ2v) is 3.42. The third kappa shape index (κ3) is 2.79. The van der Waals surface area contributed by atoms with Crippen molar-refractivity contribution in [1.29, 1.82) is 0 Å². The topological polar surface area (TPSA) is 45.1 Å². The van der Waals surface area contributed by atoms with Crippen molar-refractivity contribution < 1.29 is 5.11 Å². The fraction of sp³-hybridized carbons (Fsp3) is 0.375. The fourth-order valence-electron chi connectivity index (χ4n) is 0.760. The van der Waals surface area contributed by atoms with Gasteiger partial charge in [0.1, 0.15) is 5.82 Å². The van der Waals surface area contributed by atoms with Crippen LogP contribution in [0.5, 0.6) is 0 Å². The second-order valence-electron chi connectivity index (χ2n) is 2.56. The minimum absolute atomic E-state index is 0.362. The van der Waals surface area contributed by atoms with E-state index in [2.05, 4.69) is 26.2 Å². The van der Waals surface area contributed by atoms with E-state index in [0.29, 0.717) is 6.54 Å². The second kappa shape index (κ2) is 4.42. The van der Waals surface area contributed by atoms with E-state index in [9.17, 15) is 0 Å².